The lowest BCUT2D eigenvalue weighted by Crippen LogP contribution is -2.25. The molecule has 1 aromatic rings. The van der Waals surface area contributed by atoms with Gasteiger partial charge in [-0.15, -0.1) is 37.1 Å². The fourth-order valence-corrected chi connectivity index (χ4v) is 2.59. The van der Waals surface area contributed by atoms with Gasteiger partial charge in [0.25, 0.3) is 0 Å². The number of rotatable bonds is 4. The van der Waals surface area contributed by atoms with Gasteiger partial charge in [-0.05, 0) is 42.5 Å². The molecule has 2 rings (SSSR count). The van der Waals surface area contributed by atoms with Gasteiger partial charge in [0.1, 0.15) is 5.75 Å². The number of hydrogen-bond donors (Lipinski definition) is 2. The zero-order chi connectivity index (χ0) is 16.2. The number of hydrogen-bond acceptors (Lipinski definition) is 2. The van der Waals surface area contributed by atoms with Crippen molar-refractivity contribution in [3.05, 3.63) is 24.3 Å². The molecule has 1 aliphatic carbocycles. The summed E-state index contributed by atoms with van der Waals surface area (Å²) in [6, 6.07) is 5.37. The first-order chi connectivity index (χ1) is 10.3. The Hall–Kier alpha value is -1.19. The topological polar surface area (TPSA) is 59.6 Å². The van der Waals surface area contributed by atoms with Crippen LogP contribution in [0.1, 0.15) is 32.6 Å². The summed E-state index contributed by atoms with van der Waals surface area (Å²) in [6.07, 6.45) is 0.0483. The van der Waals surface area contributed by atoms with E-state index in [-0.39, 0.29) is 41.1 Å². The van der Waals surface area contributed by atoms with Crippen molar-refractivity contribution in [1.82, 2.24) is 0 Å². The molecular weight excluding hydrogens is 422 g/mol. The summed E-state index contributed by atoms with van der Waals surface area (Å²) in [7, 11) is 0. The number of nitrogens with two attached hydrogens (primary N) is 1. The number of nitrogens with one attached hydrogen (secondary N) is 1. The van der Waals surface area contributed by atoms with Crippen molar-refractivity contribution in [3.8, 4) is 5.75 Å². The molecule has 4 nitrogen and oxygen atoms in total. The van der Waals surface area contributed by atoms with Crippen LogP contribution in [0.25, 0.3) is 0 Å². The van der Waals surface area contributed by atoms with Crippen LogP contribution in [0.15, 0.2) is 29.3 Å². The van der Waals surface area contributed by atoms with Crippen LogP contribution >= 0.6 is 24.0 Å². The first-order valence-electron chi connectivity index (χ1n) is 7.19. The Labute approximate surface area is 150 Å². The summed E-state index contributed by atoms with van der Waals surface area (Å²) < 4.78 is 40.0. The van der Waals surface area contributed by atoms with Gasteiger partial charge in [0.05, 0.1) is 0 Å². The van der Waals surface area contributed by atoms with Crippen LogP contribution in [0.2, 0.25) is 0 Å². The van der Waals surface area contributed by atoms with Crippen LogP contribution < -0.4 is 15.8 Å². The van der Waals surface area contributed by atoms with E-state index in [9.17, 15) is 13.2 Å². The molecule has 0 heterocycles. The summed E-state index contributed by atoms with van der Waals surface area (Å²) in [5.74, 6) is -0.00959. The van der Waals surface area contributed by atoms with Crippen molar-refractivity contribution in [2.75, 3.05) is 11.9 Å². The molecule has 23 heavy (non-hydrogen) atoms. The minimum Gasteiger partial charge on any atom is -0.406 e. The van der Waals surface area contributed by atoms with Gasteiger partial charge in [-0.2, -0.15) is 0 Å². The number of halogens is 4. The maximum atomic E-state index is 12.1. The van der Waals surface area contributed by atoms with Crippen molar-refractivity contribution in [2.24, 2.45) is 16.1 Å². The number of alkyl halides is 3. The number of nitrogens with zero attached hydrogens (tertiary/aromatic N) is 1. The Morgan fingerprint density at radius 3 is 2.35 bits per heavy atom. The van der Waals surface area contributed by atoms with E-state index in [1.165, 1.54) is 37.1 Å². The van der Waals surface area contributed by atoms with Gasteiger partial charge in [0.2, 0.25) is 0 Å². The normalized spacial score (nSPS) is 17.5. The van der Waals surface area contributed by atoms with Crippen LogP contribution in [-0.4, -0.2) is 18.9 Å². The van der Waals surface area contributed by atoms with E-state index in [4.69, 9.17) is 5.73 Å². The van der Waals surface area contributed by atoms with Crippen LogP contribution in [-0.2, 0) is 0 Å². The fourth-order valence-electron chi connectivity index (χ4n) is 2.59. The predicted octanol–water partition coefficient (Wildman–Crippen LogP) is 4.51. The van der Waals surface area contributed by atoms with E-state index in [1.54, 1.807) is 0 Å². The average molecular weight is 443 g/mol. The van der Waals surface area contributed by atoms with E-state index in [0.29, 0.717) is 12.2 Å². The Morgan fingerprint density at radius 2 is 1.83 bits per heavy atom. The highest BCUT2D eigenvalue weighted by atomic mass is 127. The lowest BCUT2D eigenvalue weighted by Gasteiger charge is -2.20. The van der Waals surface area contributed by atoms with Crippen molar-refractivity contribution < 1.29 is 17.9 Å². The number of guanidine groups is 1. The van der Waals surface area contributed by atoms with Crippen molar-refractivity contribution in [3.63, 3.8) is 0 Å². The Morgan fingerprint density at radius 1 is 1.26 bits per heavy atom. The molecule has 1 saturated carbocycles. The summed E-state index contributed by atoms with van der Waals surface area (Å²) in [5.41, 5.74) is 6.58. The quantitative estimate of drug-likeness (QED) is 0.409. The second-order valence-electron chi connectivity index (χ2n) is 5.92. The predicted molar refractivity (Wildman–Crippen MR) is 95.2 cm³/mol. The lowest BCUT2D eigenvalue weighted by atomic mass is 9.89. The lowest BCUT2D eigenvalue weighted by molar-refractivity contribution is -0.274. The average Bonchev–Trinajstić information content (AvgIpc) is 2.85. The number of anilines is 1. The van der Waals surface area contributed by atoms with Crippen molar-refractivity contribution >= 4 is 35.6 Å². The third kappa shape index (κ3) is 6.84. The van der Waals surface area contributed by atoms with Gasteiger partial charge < -0.3 is 15.8 Å². The molecule has 0 unspecified atom stereocenters. The van der Waals surface area contributed by atoms with Gasteiger partial charge in [-0.25, -0.2) is 0 Å². The molecular formula is C15H21F3IN3O. The molecule has 1 fully saturated rings. The molecule has 0 saturated heterocycles. The van der Waals surface area contributed by atoms with Crippen molar-refractivity contribution in [2.45, 2.75) is 39.0 Å². The number of ether oxygens (including phenoxy) is 1. The minimum atomic E-state index is -4.69. The van der Waals surface area contributed by atoms with E-state index in [1.807, 2.05) is 0 Å². The van der Waals surface area contributed by atoms with Crippen LogP contribution in [0, 0.1) is 5.41 Å². The van der Waals surface area contributed by atoms with E-state index < -0.39 is 6.36 Å². The minimum absolute atomic E-state index is 0. The van der Waals surface area contributed by atoms with Gasteiger partial charge in [-0.3, -0.25) is 4.99 Å². The second kappa shape index (κ2) is 8.07. The molecule has 0 aliphatic heterocycles. The highest BCUT2D eigenvalue weighted by Gasteiger charge is 2.31. The maximum absolute atomic E-state index is 12.1. The summed E-state index contributed by atoms with van der Waals surface area (Å²) >= 11 is 0. The number of benzene rings is 1. The zero-order valence-electron chi connectivity index (χ0n) is 12.8. The van der Waals surface area contributed by atoms with E-state index >= 15 is 0 Å². The molecule has 0 amide bonds. The van der Waals surface area contributed by atoms with Crippen molar-refractivity contribution in [1.29, 1.82) is 0 Å². The third-order valence-electron chi connectivity index (χ3n) is 3.80. The molecule has 1 aliphatic rings. The molecule has 130 valence electrons. The first kappa shape index (κ1) is 19.9. The maximum Gasteiger partial charge on any atom is 0.573 e. The van der Waals surface area contributed by atoms with Crippen LogP contribution in [0.4, 0.5) is 18.9 Å². The van der Waals surface area contributed by atoms with Gasteiger partial charge in [-0.1, -0.05) is 19.8 Å². The molecule has 0 radical (unpaired) electrons. The molecule has 1 aromatic carbocycles. The largest absolute Gasteiger partial charge is 0.573 e. The molecule has 0 bridgehead atoms. The highest BCUT2D eigenvalue weighted by molar-refractivity contribution is 14.0. The summed E-state index contributed by atoms with van der Waals surface area (Å²) in [6.45, 7) is 2.85. The van der Waals surface area contributed by atoms with Crippen LogP contribution in [0.5, 0.6) is 5.75 Å². The molecule has 0 atom stereocenters. The van der Waals surface area contributed by atoms with Gasteiger partial charge in [0, 0.05) is 12.2 Å². The first-order valence-corrected chi connectivity index (χ1v) is 7.19. The van der Waals surface area contributed by atoms with Gasteiger partial charge in [0.15, 0.2) is 5.96 Å². The molecule has 3 N–H and O–H groups in total. The number of aliphatic imine (C=N–C) groups is 1. The fraction of sp³-hybridized carbons (Fsp3) is 0.533. The molecule has 0 aromatic heterocycles. The third-order valence-corrected chi connectivity index (χ3v) is 3.80. The van der Waals surface area contributed by atoms with E-state index in [2.05, 4.69) is 22.0 Å². The summed E-state index contributed by atoms with van der Waals surface area (Å²) in [5, 5.41) is 2.86. The Balaban J connectivity index is 0.00000264. The SMILES string of the molecule is CC1(CN=C(N)Nc2ccc(OC(F)(F)F)cc2)CCCC1.I. The van der Waals surface area contributed by atoms with E-state index in [0.717, 1.165) is 12.8 Å². The zero-order valence-corrected chi connectivity index (χ0v) is 15.2. The highest BCUT2D eigenvalue weighted by Crippen LogP contribution is 2.37. The van der Waals surface area contributed by atoms with Crippen LogP contribution in [0.3, 0.4) is 0 Å². The Kier molecular flexibility index (Phi) is 6.97. The monoisotopic (exact) mass is 443 g/mol. The summed E-state index contributed by atoms with van der Waals surface area (Å²) in [4.78, 5) is 4.33. The van der Waals surface area contributed by atoms with Gasteiger partial charge >= 0.3 is 6.36 Å². The molecule has 0 spiro atoms. The smallest absolute Gasteiger partial charge is 0.406 e. The molecule has 8 heteroatoms. The Bertz CT molecular complexity index is 526. The standard InChI is InChI=1S/C15H20F3N3O.HI/c1-14(8-2-3-9-14)10-20-13(19)21-11-4-6-12(7-5-11)22-15(16,17)18;/h4-7H,2-3,8-10H2,1H3,(H3,19,20,21);1H. The second-order valence-corrected chi connectivity index (χ2v) is 5.92.